The quantitative estimate of drug-likeness (QED) is 0.706. The Labute approximate surface area is 102 Å². The largest absolute Gasteiger partial charge is 0.301 e. The smallest absolute Gasteiger partial charge is 0.0147 e. The number of thiol groups is 1. The molecule has 2 heteroatoms. The van der Waals surface area contributed by atoms with Crippen LogP contribution in [0.2, 0.25) is 0 Å². The van der Waals surface area contributed by atoms with E-state index in [0.29, 0.717) is 16.9 Å². The fourth-order valence-corrected chi connectivity index (χ4v) is 2.12. The Morgan fingerprint density at radius 2 is 1.60 bits per heavy atom. The van der Waals surface area contributed by atoms with Crippen LogP contribution >= 0.6 is 12.6 Å². The molecular formula is C13H29NS. The molecule has 1 unspecified atom stereocenters. The molecule has 0 spiro atoms. The number of hydrogen-bond donors (Lipinski definition) is 1. The molecule has 0 rings (SSSR count). The van der Waals surface area contributed by atoms with Gasteiger partial charge in [-0.3, -0.25) is 0 Å². The molecule has 0 bridgehead atoms. The summed E-state index contributed by atoms with van der Waals surface area (Å²) in [5.41, 5.74) is 0.645. The Morgan fingerprint density at radius 1 is 1.13 bits per heavy atom. The lowest BCUT2D eigenvalue weighted by molar-refractivity contribution is 0.0984. The fourth-order valence-electron chi connectivity index (χ4n) is 1.45. The van der Waals surface area contributed by atoms with Crippen LogP contribution in [-0.4, -0.2) is 29.8 Å². The van der Waals surface area contributed by atoms with Gasteiger partial charge in [0, 0.05) is 12.1 Å². The van der Waals surface area contributed by atoms with Gasteiger partial charge in [0.1, 0.15) is 0 Å². The van der Waals surface area contributed by atoms with E-state index in [9.17, 15) is 0 Å². The predicted octanol–water partition coefficient (Wildman–Crippen LogP) is 3.70. The van der Waals surface area contributed by atoms with Crippen LogP contribution in [0.5, 0.6) is 0 Å². The van der Waals surface area contributed by atoms with Crippen LogP contribution in [0.15, 0.2) is 0 Å². The van der Waals surface area contributed by atoms with Crippen molar-refractivity contribution in [2.45, 2.75) is 53.5 Å². The van der Waals surface area contributed by atoms with Crippen molar-refractivity contribution in [1.82, 2.24) is 4.90 Å². The lowest BCUT2D eigenvalue weighted by atomic mass is 9.81. The first-order valence-corrected chi connectivity index (χ1v) is 6.60. The predicted molar refractivity (Wildman–Crippen MR) is 73.8 cm³/mol. The molecule has 0 aliphatic rings. The fraction of sp³-hybridized carbons (Fsp3) is 1.00. The van der Waals surface area contributed by atoms with Gasteiger partial charge in [0.15, 0.2) is 0 Å². The summed E-state index contributed by atoms with van der Waals surface area (Å²) in [5.74, 6) is 1.62. The van der Waals surface area contributed by atoms with Crippen LogP contribution < -0.4 is 0 Å². The van der Waals surface area contributed by atoms with Crippen molar-refractivity contribution < 1.29 is 0 Å². The second kappa shape index (κ2) is 5.58. The lowest BCUT2D eigenvalue weighted by Crippen LogP contribution is -2.45. The van der Waals surface area contributed by atoms with E-state index >= 15 is 0 Å². The Kier molecular flexibility index (Phi) is 5.70. The summed E-state index contributed by atoms with van der Waals surface area (Å²) >= 11 is 4.48. The van der Waals surface area contributed by atoms with E-state index < -0.39 is 0 Å². The van der Waals surface area contributed by atoms with Gasteiger partial charge in [0.2, 0.25) is 0 Å². The highest BCUT2D eigenvalue weighted by molar-refractivity contribution is 7.80. The van der Waals surface area contributed by atoms with Gasteiger partial charge in [-0.05, 0) is 44.4 Å². The zero-order valence-electron chi connectivity index (χ0n) is 11.6. The zero-order chi connectivity index (χ0) is 12.3. The molecule has 92 valence electrons. The van der Waals surface area contributed by atoms with Gasteiger partial charge in [0.05, 0.1) is 0 Å². The van der Waals surface area contributed by atoms with Crippen LogP contribution in [0.25, 0.3) is 0 Å². The molecule has 1 atom stereocenters. The SMILES string of the molecule is CCC(C)(C)N(C)CC(CS)C(C)(C)C. The summed E-state index contributed by atoms with van der Waals surface area (Å²) in [5, 5.41) is 0. The Bertz CT molecular complexity index is 181. The minimum absolute atomic E-state index is 0.298. The average molecular weight is 231 g/mol. The van der Waals surface area contributed by atoms with Crippen molar-refractivity contribution >= 4 is 12.6 Å². The highest BCUT2D eigenvalue weighted by atomic mass is 32.1. The summed E-state index contributed by atoms with van der Waals surface area (Å²) in [6.45, 7) is 14.9. The molecular weight excluding hydrogens is 202 g/mol. The first-order valence-electron chi connectivity index (χ1n) is 5.97. The van der Waals surface area contributed by atoms with Crippen molar-refractivity contribution in [3.8, 4) is 0 Å². The lowest BCUT2D eigenvalue weighted by Gasteiger charge is -2.40. The molecule has 0 aromatic heterocycles. The maximum absolute atomic E-state index is 4.48. The minimum Gasteiger partial charge on any atom is -0.301 e. The molecule has 0 aromatic rings. The second-order valence-corrected chi connectivity index (χ2v) is 6.66. The van der Waals surface area contributed by atoms with E-state index in [1.165, 1.54) is 6.42 Å². The normalized spacial score (nSPS) is 15.8. The van der Waals surface area contributed by atoms with E-state index in [2.05, 4.69) is 66.1 Å². The monoisotopic (exact) mass is 231 g/mol. The molecule has 0 N–H and O–H groups in total. The van der Waals surface area contributed by atoms with Crippen LogP contribution in [0, 0.1) is 11.3 Å². The van der Waals surface area contributed by atoms with Gasteiger partial charge in [0.25, 0.3) is 0 Å². The minimum atomic E-state index is 0.298. The van der Waals surface area contributed by atoms with Crippen molar-refractivity contribution in [3.05, 3.63) is 0 Å². The topological polar surface area (TPSA) is 3.24 Å². The van der Waals surface area contributed by atoms with Crippen LogP contribution in [0.1, 0.15) is 48.0 Å². The van der Waals surface area contributed by atoms with Gasteiger partial charge < -0.3 is 4.90 Å². The van der Waals surface area contributed by atoms with Gasteiger partial charge in [-0.15, -0.1) is 0 Å². The van der Waals surface area contributed by atoms with E-state index in [-0.39, 0.29) is 0 Å². The van der Waals surface area contributed by atoms with Crippen molar-refractivity contribution in [1.29, 1.82) is 0 Å². The average Bonchev–Trinajstić information content (AvgIpc) is 2.11. The summed E-state index contributed by atoms with van der Waals surface area (Å²) in [6, 6.07) is 0. The van der Waals surface area contributed by atoms with Crippen LogP contribution in [0.3, 0.4) is 0 Å². The third-order valence-corrected chi connectivity index (χ3v) is 4.28. The number of nitrogens with zero attached hydrogens (tertiary/aromatic N) is 1. The van der Waals surface area contributed by atoms with Crippen molar-refractivity contribution in [3.63, 3.8) is 0 Å². The summed E-state index contributed by atoms with van der Waals surface area (Å²) in [4.78, 5) is 2.47. The summed E-state index contributed by atoms with van der Waals surface area (Å²) in [6.07, 6.45) is 1.19. The number of rotatable bonds is 5. The van der Waals surface area contributed by atoms with Crippen LogP contribution in [-0.2, 0) is 0 Å². The van der Waals surface area contributed by atoms with E-state index in [1.807, 2.05) is 0 Å². The molecule has 0 aliphatic heterocycles. The van der Waals surface area contributed by atoms with Gasteiger partial charge in [-0.25, -0.2) is 0 Å². The molecule has 0 saturated carbocycles. The Morgan fingerprint density at radius 3 is 1.87 bits per heavy atom. The Hall–Kier alpha value is 0.310. The molecule has 0 fully saturated rings. The van der Waals surface area contributed by atoms with E-state index in [1.54, 1.807) is 0 Å². The van der Waals surface area contributed by atoms with Crippen molar-refractivity contribution in [2.75, 3.05) is 19.3 Å². The maximum atomic E-state index is 4.48. The van der Waals surface area contributed by atoms with Gasteiger partial charge in [-0.2, -0.15) is 12.6 Å². The first kappa shape index (κ1) is 15.3. The first-order chi connectivity index (χ1) is 6.65. The molecule has 0 aromatic carbocycles. The molecule has 0 amide bonds. The molecule has 0 saturated heterocycles. The van der Waals surface area contributed by atoms with E-state index in [0.717, 1.165) is 12.3 Å². The molecule has 0 heterocycles. The third-order valence-electron chi connectivity index (χ3n) is 3.84. The number of hydrogen-bond acceptors (Lipinski definition) is 2. The Balaban J connectivity index is 4.44. The zero-order valence-corrected chi connectivity index (χ0v) is 12.5. The highest BCUT2D eigenvalue weighted by Crippen LogP contribution is 2.29. The van der Waals surface area contributed by atoms with E-state index in [4.69, 9.17) is 0 Å². The van der Waals surface area contributed by atoms with Gasteiger partial charge in [-0.1, -0.05) is 27.7 Å². The summed E-state index contributed by atoms with van der Waals surface area (Å²) < 4.78 is 0. The van der Waals surface area contributed by atoms with Gasteiger partial charge >= 0.3 is 0 Å². The highest BCUT2D eigenvalue weighted by Gasteiger charge is 2.29. The van der Waals surface area contributed by atoms with Crippen LogP contribution in [0.4, 0.5) is 0 Å². The second-order valence-electron chi connectivity index (χ2n) is 6.29. The molecule has 1 nitrogen and oxygen atoms in total. The third kappa shape index (κ3) is 4.78. The molecule has 0 aliphatic carbocycles. The molecule has 15 heavy (non-hydrogen) atoms. The summed E-state index contributed by atoms with van der Waals surface area (Å²) in [7, 11) is 2.23. The molecule has 0 radical (unpaired) electrons. The standard InChI is InChI=1S/C13H29NS/c1-8-13(5,6)14(7)9-11(10-15)12(2,3)4/h11,15H,8-10H2,1-7H3. The maximum Gasteiger partial charge on any atom is 0.0147 e. The van der Waals surface area contributed by atoms with Crippen molar-refractivity contribution in [2.24, 2.45) is 11.3 Å².